The van der Waals surface area contributed by atoms with Crippen molar-refractivity contribution in [3.8, 4) is 33.9 Å². The molecule has 2 aromatic heterocycles. The number of fused-ring (bicyclic) bond motifs is 1. The van der Waals surface area contributed by atoms with Gasteiger partial charge in [0, 0.05) is 22.9 Å². The van der Waals surface area contributed by atoms with Gasteiger partial charge in [0.1, 0.15) is 11.5 Å². The van der Waals surface area contributed by atoms with E-state index in [2.05, 4.69) is 10.3 Å². The lowest BCUT2D eigenvalue weighted by Crippen LogP contribution is -2.00. The summed E-state index contributed by atoms with van der Waals surface area (Å²) >= 11 is 0. The Labute approximate surface area is 162 Å². The molecule has 0 radical (unpaired) electrons. The van der Waals surface area contributed by atoms with Gasteiger partial charge >= 0.3 is 0 Å². The molecule has 2 heterocycles. The van der Waals surface area contributed by atoms with Gasteiger partial charge in [-0.2, -0.15) is 0 Å². The first kappa shape index (κ1) is 17.6. The molecule has 1 amide bonds. The molecule has 140 valence electrons. The van der Waals surface area contributed by atoms with Crippen LogP contribution < -0.4 is 14.8 Å². The summed E-state index contributed by atoms with van der Waals surface area (Å²) in [5.41, 5.74) is 5.01. The molecule has 6 heteroatoms. The number of anilines is 1. The number of imidazole rings is 1. The number of rotatable bonds is 6. The van der Waals surface area contributed by atoms with Crippen molar-refractivity contribution in [3.05, 3.63) is 67.0 Å². The number of methoxy groups -OCH3 is 2. The number of carbonyl (C=O) groups is 1. The molecule has 0 aliphatic heterocycles. The second-order valence-electron chi connectivity index (χ2n) is 6.17. The Bertz CT molecular complexity index is 1130. The third kappa shape index (κ3) is 3.05. The zero-order valence-electron chi connectivity index (χ0n) is 15.5. The Morgan fingerprint density at radius 2 is 1.79 bits per heavy atom. The van der Waals surface area contributed by atoms with E-state index in [0.29, 0.717) is 17.7 Å². The van der Waals surface area contributed by atoms with Crippen molar-refractivity contribution < 1.29 is 14.3 Å². The normalized spacial score (nSPS) is 10.6. The number of pyridine rings is 1. The van der Waals surface area contributed by atoms with Gasteiger partial charge in [0.25, 0.3) is 0 Å². The summed E-state index contributed by atoms with van der Waals surface area (Å²) in [5, 5.41) is 2.76. The Hall–Kier alpha value is -3.80. The van der Waals surface area contributed by atoms with Gasteiger partial charge in [0.05, 0.1) is 31.8 Å². The van der Waals surface area contributed by atoms with Crippen molar-refractivity contribution in [2.75, 3.05) is 19.5 Å². The minimum absolute atomic E-state index is 0.623. The minimum atomic E-state index is 0.623. The number of amides is 1. The summed E-state index contributed by atoms with van der Waals surface area (Å²) in [5.74, 6) is 1.54. The highest BCUT2D eigenvalue weighted by Gasteiger charge is 2.14. The maximum absolute atomic E-state index is 11.1. The minimum Gasteiger partial charge on any atom is -0.497 e. The monoisotopic (exact) mass is 373 g/mol. The Morgan fingerprint density at radius 1 is 1.00 bits per heavy atom. The molecule has 28 heavy (non-hydrogen) atoms. The Kier molecular flexibility index (Phi) is 4.68. The fourth-order valence-electron chi connectivity index (χ4n) is 3.26. The number of carbonyl (C=O) groups excluding carboxylic acids is 1. The van der Waals surface area contributed by atoms with E-state index < -0.39 is 0 Å². The number of nitrogens with zero attached hydrogens (tertiary/aromatic N) is 2. The summed E-state index contributed by atoms with van der Waals surface area (Å²) in [6.45, 7) is 0. The van der Waals surface area contributed by atoms with Crippen LogP contribution >= 0.6 is 0 Å². The molecule has 0 aliphatic rings. The zero-order valence-corrected chi connectivity index (χ0v) is 15.5. The maximum Gasteiger partial charge on any atom is 0.211 e. The van der Waals surface area contributed by atoms with E-state index in [1.807, 2.05) is 65.2 Å². The van der Waals surface area contributed by atoms with Crippen LogP contribution in [0.3, 0.4) is 0 Å². The van der Waals surface area contributed by atoms with E-state index in [4.69, 9.17) is 9.47 Å². The molecule has 6 nitrogen and oxygen atoms in total. The Balaban J connectivity index is 1.94. The summed E-state index contributed by atoms with van der Waals surface area (Å²) in [6.07, 6.45) is 4.44. The number of hydrogen-bond donors (Lipinski definition) is 1. The van der Waals surface area contributed by atoms with E-state index in [1.165, 1.54) is 0 Å². The predicted molar refractivity (Wildman–Crippen MR) is 109 cm³/mol. The van der Waals surface area contributed by atoms with Crippen LogP contribution in [-0.2, 0) is 4.79 Å². The van der Waals surface area contributed by atoms with E-state index in [-0.39, 0.29) is 0 Å². The quantitative estimate of drug-likeness (QED) is 0.513. The first-order chi connectivity index (χ1) is 13.7. The molecule has 0 fully saturated rings. The van der Waals surface area contributed by atoms with Crippen LogP contribution in [0.2, 0.25) is 0 Å². The van der Waals surface area contributed by atoms with Crippen molar-refractivity contribution in [2.45, 2.75) is 0 Å². The van der Waals surface area contributed by atoms with Gasteiger partial charge in [-0.25, -0.2) is 4.98 Å². The third-order valence-corrected chi connectivity index (χ3v) is 4.62. The summed E-state index contributed by atoms with van der Waals surface area (Å²) in [6, 6.07) is 17.4. The maximum atomic E-state index is 11.1. The molecule has 4 aromatic rings. The van der Waals surface area contributed by atoms with E-state index >= 15 is 0 Å². The fraction of sp³-hybridized carbons (Fsp3) is 0.0909. The van der Waals surface area contributed by atoms with Crippen LogP contribution in [0.15, 0.2) is 67.0 Å². The van der Waals surface area contributed by atoms with E-state index in [0.717, 1.165) is 33.9 Å². The highest BCUT2D eigenvalue weighted by atomic mass is 16.5. The van der Waals surface area contributed by atoms with Crippen molar-refractivity contribution in [3.63, 3.8) is 0 Å². The van der Waals surface area contributed by atoms with Crippen molar-refractivity contribution in [2.24, 2.45) is 0 Å². The van der Waals surface area contributed by atoms with Crippen molar-refractivity contribution in [1.29, 1.82) is 0 Å². The lowest BCUT2D eigenvalue weighted by Gasteiger charge is -2.12. The van der Waals surface area contributed by atoms with E-state index in [1.54, 1.807) is 20.4 Å². The highest BCUT2D eigenvalue weighted by Crippen LogP contribution is 2.34. The van der Waals surface area contributed by atoms with Gasteiger partial charge in [-0.3, -0.25) is 9.20 Å². The number of benzene rings is 2. The van der Waals surface area contributed by atoms with Crippen molar-refractivity contribution in [1.82, 2.24) is 9.38 Å². The molecule has 0 saturated carbocycles. The highest BCUT2D eigenvalue weighted by molar-refractivity contribution is 5.86. The molecule has 0 saturated heterocycles. The van der Waals surface area contributed by atoms with Gasteiger partial charge in [0.15, 0.2) is 5.65 Å². The average molecular weight is 373 g/mol. The van der Waals surface area contributed by atoms with Gasteiger partial charge in [-0.15, -0.1) is 0 Å². The first-order valence-electron chi connectivity index (χ1n) is 8.74. The first-order valence-corrected chi connectivity index (χ1v) is 8.74. The Morgan fingerprint density at radius 3 is 2.50 bits per heavy atom. The van der Waals surface area contributed by atoms with Gasteiger partial charge in [-0.1, -0.05) is 18.2 Å². The smallest absolute Gasteiger partial charge is 0.211 e. The number of aromatic nitrogens is 2. The summed E-state index contributed by atoms with van der Waals surface area (Å²) in [4.78, 5) is 15.7. The number of ether oxygens (including phenoxy) is 2. The third-order valence-electron chi connectivity index (χ3n) is 4.62. The average Bonchev–Trinajstić information content (AvgIpc) is 3.18. The second-order valence-corrected chi connectivity index (χ2v) is 6.17. The van der Waals surface area contributed by atoms with Crippen LogP contribution in [-0.4, -0.2) is 30.0 Å². The molecule has 0 atom stereocenters. The zero-order chi connectivity index (χ0) is 19.5. The molecular weight excluding hydrogens is 354 g/mol. The largest absolute Gasteiger partial charge is 0.497 e. The number of hydrogen-bond acceptors (Lipinski definition) is 4. The van der Waals surface area contributed by atoms with Crippen LogP contribution in [0, 0.1) is 0 Å². The topological polar surface area (TPSA) is 64.9 Å². The molecule has 0 aliphatic carbocycles. The van der Waals surface area contributed by atoms with Crippen LogP contribution in [0.1, 0.15) is 0 Å². The predicted octanol–water partition coefficient (Wildman–Crippen LogP) is 4.25. The molecule has 2 aromatic carbocycles. The SMILES string of the molecule is COc1ccc(-c2cnc3c(NC=O)cc(-c4ccccc4OC)cn23)cc1. The molecule has 0 spiro atoms. The lowest BCUT2D eigenvalue weighted by atomic mass is 10.1. The number of para-hydroxylation sites is 1. The standard InChI is InChI=1S/C22H19N3O3/c1-27-17-9-7-15(8-10-17)20-12-23-22-19(24-14-26)11-16(13-25(20)22)18-5-3-4-6-21(18)28-2/h3-14H,1-2H3,(H,24,26). The molecule has 4 rings (SSSR count). The second kappa shape index (κ2) is 7.44. The van der Waals surface area contributed by atoms with E-state index in [9.17, 15) is 4.79 Å². The molecule has 0 bridgehead atoms. The van der Waals surface area contributed by atoms with Crippen LogP contribution in [0.5, 0.6) is 11.5 Å². The van der Waals surface area contributed by atoms with Crippen molar-refractivity contribution >= 4 is 17.7 Å². The van der Waals surface area contributed by atoms with Crippen LogP contribution in [0.4, 0.5) is 5.69 Å². The van der Waals surface area contributed by atoms with Gasteiger partial charge in [-0.05, 0) is 36.4 Å². The van der Waals surface area contributed by atoms with Gasteiger partial charge < -0.3 is 14.8 Å². The fourth-order valence-corrected chi connectivity index (χ4v) is 3.26. The molecule has 0 unspecified atom stereocenters. The van der Waals surface area contributed by atoms with Crippen LogP contribution in [0.25, 0.3) is 28.0 Å². The summed E-state index contributed by atoms with van der Waals surface area (Å²) < 4.78 is 12.7. The molecular formula is C22H19N3O3. The van der Waals surface area contributed by atoms with Gasteiger partial charge in [0.2, 0.25) is 6.41 Å². The summed E-state index contributed by atoms with van der Waals surface area (Å²) in [7, 11) is 3.28. The molecule has 1 N–H and O–H groups in total. The number of nitrogens with one attached hydrogen (secondary N) is 1. The lowest BCUT2D eigenvalue weighted by molar-refractivity contribution is -0.105.